The van der Waals surface area contributed by atoms with Crippen LogP contribution in [0.15, 0.2) is 0 Å². The molecule has 1 nitrogen and oxygen atoms in total. The Morgan fingerprint density at radius 2 is 2.07 bits per heavy atom. The summed E-state index contributed by atoms with van der Waals surface area (Å²) >= 11 is 0. The van der Waals surface area contributed by atoms with E-state index in [9.17, 15) is 4.39 Å². The summed E-state index contributed by atoms with van der Waals surface area (Å²) in [5, 5.41) is 0. The average Bonchev–Trinajstić information content (AvgIpc) is 2.42. The van der Waals surface area contributed by atoms with Gasteiger partial charge < -0.3 is 0 Å². The van der Waals surface area contributed by atoms with Crippen molar-refractivity contribution >= 4 is 0 Å². The summed E-state index contributed by atoms with van der Waals surface area (Å²) in [4.78, 5) is 2.33. The highest BCUT2D eigenvalue weighted by Crippen LogP contribution is 2.52. The van der Waals surface area contributed by atoms with E-state index in [4.69, 9.17) is 0 Å². The molecule has 0 bridgehead atoms. The molecule has 0 radical (unpaired) electrons. The van der Waals surface area contributed by atoms with Gasteiger partial charge in [0.15, 0.2) is 0 Å². The highest BCUT2D eigenvalue weighted by molar-refractivity contribution is 5.00. The molecule has 1 saturated heterocycles. The number of hydrogen-bond acceptors (Lipinski definition) is 1. The molecule has 1 aliphatic heterocycles. The van der Waals surface area contributed by atoms with E-state index in [2.05, 4.69) is 11.8 Å². The van der Waals surface area contributed by atoms with Crippen molar-refractivity contribution in [3.63, 3.8) is 0 Å². The zero-order chi connectivity index (χ0) is 11.1. The third kappa shape index (κ3) is 2.52. The lowest BCUT2D eigenvalue weighted by Gasteiger charge is -2.45. The fourth-order valence-electron chi connectivity index (χ4n) is 3.48. The minimum Gasteiger partial charge on any atom is -0.300 e. The second kappa shape index (κ2) is 3.73. The van der Waals surface area contributed by atoms with Crippen LogP contribution in [0.2, 0.25) is 0 Å². The lowest BCUT2D eigenvalue weighted by atomic mass is 9.61. The van der Waals surface area contributed by atoms with Gasteiger partial charge in [0, 0.05) is 13.1 Å². The van der Waals surface area contributed by atoms with Gasteiger partial charge in [0.05, 0.1) is 0 Å². The molecule has 2 heteroatoms. The second-order valence-corrected chi connectivity index (χ2v) is 6.36. The summed E-state index contributed by atoms with van der Waals surface area (Å²) in [7, 11) is 0. The van der Waals surface area contributed by atoms with Crippen molar-refractivity contribution in [2.24, 2.45) is 11.3 Å². The monoisotopic (exact) mass is 213 g/mol. The van der Waals surface area contributed by atoms with Crippen LogP contribution in [0.5, 0.6) is 0 Å². The molecule has 1 heterocycles. The lowest BCUT2D eigenvalue weighted by molar-refractivity contribution is 0.0516. The number of halogens is 1. The van der Waals surface area contributed by atoms with E-state index >= 15 is 0 Å². The predicted octanol–water partition coefficient (Wildman–Crippen LogP) is 3.25. The van der Waals surface area contributed by atoms with Crippen LogP contribution in [0.3, 0.4) is 0 Å². The van der Waals surface area contributed by atoms with Crippen molar-refractivity contribution in [2.45, 2.75) is 52.1 Å². The molecule has 2 aliphatic rings. The van der Waals surface area contributed by atoms with E-state index in [1.165, 1.54) is 25.7 Å². The van der Waals surface area contributed by atoms with Gasteiger partial charge >= 0.3 is 0 Å². The van der Waals surface area contributed by atoms with Gasteiger partial charge in [0.2, 0.25) is 0 Å². The van der Waals surface area contributed by atoms with Crippen LogP contribution >= 0.6 is 0 Å². The minimum absolute atomic E-state index is 0.589. The molecule has 0 aromatic rings. The Labute approximate surface area is 93.0 Å². The van der Waals surface area contributed by atoms with E-state index in [0.717, 1.165) is 19.0 Å². The summed E-state index contributed by atoms with van der Waals surface area (Å²) < 4.78 is 13.5. The van der Waals surface area contributed by atoms with E-state index in [-0.39, 0.29) is 0 Å². The highest BCUT2D eigenvalue weighted by Gasteiger charge is 2.47. The van der Waals surface area contributed by atoms with Gasteiger partial charge in [-0.15, -0.1) is 0 Å². The Kier molecular flexibility index (Phi) is 2.83. The Balaban J connectivity index is 1.81. The molecule has 0 aromatic carbocycles. The highest BCUT2D eigenvalue weighted by atomic mass is 19.1. The van der Waals surface area contributed by atoms with E-state index in [0.29, 0.717) is 12.0 Å². The number of nitrogens with zero attached hydrogens (tertiary/aromatic N) is 1. The normalized spacial score (nSPS) is 37.2. The second-order valence-electron chi connectivity index (χ2n) is 6.36. The van der Waals surface area contributed by atoms with Gasteiger partial charge in [-0.1, -0.05) is 13.3 Å². The van der Waals surface area contributed by atoms with Gasteiger partial charge in [-0.2, -0.15) is 0 Å². The molecule has 0 aromatic heterocycles. The van der Waals surface area contributed by atoms with Crippen molar-refractivity contribution in [1.82, 2.24) is 4.90 Å². The Hall–Kier alpha value is -0.110. The maximum absolute atomic E-state index is 13.5. The first-order chi connectivity index (χ1) is 6.92. The molecule has 1 spiro atoms. The first-order valence-electron chi connectivity index (χ1n) is 6.34. The molecule has 2 rings (SSSR count). The first kappa shape index (κ1) is 11.4. The predicted molar refractivity (Wildman–Crippen MR) is 61.7 cm³/mol. The summed E-state index contributed by atoms with van der Waals surface area (Å²) in [5.74, 6) is 0.961. The number of hydrogen-bond donors (Lipinski definition) is 0. The van der Waals surface area contributed by atoms with Crippen molar-refractivity contribution in [3.05, 3.63) is 0 Å². The quantitative estimate of drug-likeness (QED) is 0.695. The van der Waals surface area contributed by atoms with Gasteiger partial charge in [-0.25, -0.2) is 4.39 Å². The third-order valence-electron chi connectivity index (χ3n) is 4.14. The van der Waals surface area contributed by atoms with E-state index in [1.54, 1.807) is 13.8 Å². The van der Waals surface area contributed by atoms with Crippen molar-refractivity contribution < 1.29 is 4.39 Å². The van der Waals surface area contributed by atoms with Crippen LogP contribution in [0.25, 0.3) is 0 Å². The van der Waals surface area contributed by atoms with Crippen LogP contribution in [0.1, 0.15) is 46.5 Å². The topological polar surface area (TPSA) is 3.24 Å². The van der Waals surface area contributed by atoms with Gasteiger partial charge in [0.25, 0.3) is 0 Å². The Morgan fingerprint density at radius 1 is 1.40 bits per heavy atom. The summed E-state index contributed by atoms with van der Waals surface area (Å²) in [6.45, 7) is 8.54. The molecule has 1 aliphatic carbocycles. The molecule has 0 N–H and O–H groups in total. The average molecular weight is 213 g/mol. The van der Waals surface area contributed by atoms with Crippen molar-refractivity contribution in [3.8, 4) is 0 Å². The Morgan fingerprint density at radius 3 is 2.60 bits per heavy atom. The smallest absolute Gasteiger partial charge is 0.118 e. The third-order valence-corrected chi connectivity index (χ3v) is 4.14. The van der Waals surface area contributed by atoms with Crippen molar-refractivity contribution in [1.29, 1.82) is 0 Å². The van der Waals surface area contributed by atoms with Gasteiger partial charge in [0.1, 0.15) is 5.67 Å². The largest absolute Gasteiger partial charge is 0.300 e. The SMILES string of the molecule is CCC1CC2(CCN(CC(C)(C)F)C2)C1. The maximum Gasteiger partial charge on any atom is 0.118 e. The molecule has 15 heavy (non-hydrogen) atoms. The fourth-order valence-corrected chi connectivity index (χ4v) is 3.48. The molecular weight excluding hydrogens is 189 g/mol. The van der Waals surface area contributed by atoms with Gasteiger partial charge in [-0.3, -0.25) is 4.90 Å². The van der Waals surface area contributed by atoms with Crippen molar-refractivity contribution in [2.75, 3.05) is 19.6 Å². The zero-order valence-corrected chi connectivity index (χ0v) is 10.4. The van der Waals surface area contributed by atoms with E-state index < -0.39 is 5.67 Å². The zero-order valence-electron chi connectivity index (χ0n) is 10.4. The molecule has 1 saturated carbocycles. The Bertz CT molecular complexity index is 225. The van der Waals surface area contributed by atoms with Crippen LogP contribution in [0, 0.1) is 11.3 Å². The van der Waals surface area contributed by atoms with Crippen LogP contribution < -0.4 is 0 Å². The molecule has 88 valence electrons. The summed E-state index contributed by atoms with van der Waals surface area (Å²) in [6.07, 6.45) is 5.43. The standard InChI is InChI=1S/C13H24FN/c1-4-11-7-13(8-11)5-6-15(10-13)9-12(2,3)14/h11H,4-10H2,1-3H3. The van der Waals surface area contributed by atoms with E-state index in [1.807, 2.05) is 0 Å². The number of rotatable bonds is 3. The molecule has 0 amide bonds. The molecule has 0 atom stereocenters. The fraction of sp³-hybridized carbons (Fsp3) is 1.00. The van der Waals surface area contributed by atoms with Crippen LogP contribution in [0.4, 0.5) is 4.39 Å². The summed E-state index contributed by atoms with van der Waals surface area (Å²) in [5.41, 5.74) is -0.439. The molecule has 0 unspecified atom stereocenters. The number of alkyl halides is 1. The summed E-state index contributed by atoms with van der Waals surface area (Å²) in [6, 6.07) is 0. The lowest BCUT2D eigenvalue weighted by Crippen LogP contribution is -2.41. The van der Waals surface area contributed by atoms with Crippen LogP contribution in [-0.4, -0.2) is 30.2 Å². The minimum atomic E-state index is -1.03. The molecule has 2 fully saturated rings. The molecular formula is C13H24FN. The van der Waals surface area contributed by atoms with Gasteiger partial charge in [-0.05, 0) is 51.0 Å². The maximum atomic E-state index is 13.5. The van der Waals surface area contributed by atoms with Crippen LogP contribution in [-0.2, 0) is 0 Å². The first-order valence-corrected chi connectivity index (χ1v) is 6.34. The number of likely N-dealkylation sites (tertiary alicyclic amines) is 1.